The lowest BCUT2D eigenvalue weighted by Crippen LogP contribution is -2.04. The number of halogens is 3. The summed E-state index contributed by atoms with van der Waals surface area (Å²) in [5.41, 5.74) is 0.406. The third kappa shape index (κ3) is 2.88. The number of ether oxygens (including phenoxy) is 1. The fraction of sp³-hybridized carbons (Fsp3) is 0.167. The fourth-order valence-electron chi connectivity index (χ4n) is 1.51. The maximum Gasteiger partial charge on any atom is 0.387 e. The molecule has 1 heterocycles. The van der Waals surface area contributed by atoms with E-state index in [-0.39, 0.29) is 5.75 Å². The Morgan fingerprint density at radius 2 is 2.06 bits per heavy atom. The quantitative estimate of drug-likeness (QED) is 0.934. The number of furan rings is 1. The second-order valence-corrected chi connectivity index (χ2v) is 4.34. The molecule has 96 valence electrons. The maximum atomic E-state index is 12.1. The highest BCUT2D eigenvalue weighted by Gasteiger charge is 2.18. The van der Waals surface area contributed by atoms with Crippen LogP contribution >= 0.6 is 15.9 Å². The Kier molecular flexibility index (Phi) is 3.98. The largest absolute Gasteiger partial charge is 0.465 e. The van der Waals surface area contributed by atoms with Crippen molar-refractivity contribution in [2.24, 2.45) is 0 Å². The lowest BCUT2D eigenvalue weighted by molar-refractivity contribution is -0.0499. The predicted octanol–water partition coefficient (Wildman–Crippen LogP) is 3.73. The van der Waals surface area contributed by atoms with Crippen LogP contribution < -0.4 is 4.74 Å². The molecule has 0 aliphatic rings. The molecule has 0 aliphatic carbocycles. The van der Waals surface area contributed by atoms with Crippen molar-refractivity contribution in [3.63, 3.8) is 0 Å². The van der Waals surface area contributed by atoms with Crippen molar-refractivity contribution >= 4 is 15.9 Å². The van der Waals surface area contributed by atoms with Gasteiger partial charge in [0.1, 0.15) is 11.9 Å². The van der Waals surface area contributed by atoms with E-state index in [1.165, 1.54) is 24.5 Å². The molecule has 1 N–H and O–H groups in total. The molecule has 18 heavy (non-hydrogen) atoms. The van der Waals surface area contributed by atoms with Crippen LogP contribution in [-0.4, -0.2) is 11.7 Å². The minimum atomic E-state index is -2.90. The Balaban J connectivity index is 2.25. The van der Waals surface area contributed by atoms with Crippen LogP contribution in [0.25, 0.3) is 0 Å². The number of benzene rings is 1. The number of aliphatic hydroxyl groups is 1. The van der Waals surface area contributed by atoms with Gasteiger partial charge in [-0.2, -0.15) is 8.78 Å². The van der Waals surface area contributed by atoms with Gasteiger partial charge in [0.25, 0.3) is 0 Å². The van der Waals surface area contributed by atoms with Crippen LogP contribution in [0.5, 0.6) is 5.75 Å². The zero-order valence-corrected chi connectivity index (χ0v) is 10.6. The SMILES string of the molecule is OC(c1cccc(OC(F)F)c1)c1occc1Br. The molecule has 0 amide bonds. The fourth-order valence-corrected chi connectivity index (χ4v) is 1.93. The van der Waals surface area contributed by atoms with Crippen molar-refractivity contribution in [2.45, 2.75) is 12.7 Å². The zero-order valence-electron chi connectivity index (χ0n) is 9.02. The summed E-state index contributed by atoms with van der Waals surface area (Å²) >= 11 is 3.22. The standard InChI is InChI=1S/C12H9BrF2O3/c13-9-4-5-17-11(9)10(16)7-2-1-3-8(6-7)18-12(14)15/h1-6,10,12,16H. The normalized spacial score (nSPS) is 12.7. The van der Waals surface area contributed by atoms with Crippen LogP contribution in [0.15, 0.2) is 45.5 Å². The second-order valence-electron chi connectivity index (χ2n) is 3.49. The molecule has 6 heteroatoms. The molecule has 0 spiro atoms. The summed E-state index contributed by atoms with van der Waals surface area (Å²) in [6, 6.07) is 7.48. The number of alkyl halides is 2. The highest BCUT2D eigenvalue weighted by Crippen LogP contribution is 2.31. The van der Waals surface area contributed by atoms with Crippen LogP contribution in [0.1, 0.15) is 17.4 Å². The summed E-state index contributed by atoms with van der Waals surface area (Å²) in [4.78, 5) is 0. The van der Waals surface area contributed by atoms with Gasteiger partial charge in [-0.25, -0.2) is 0 Å². The van der Waals surface area contributed by atoms with E-state index in [4.69, 9.17) is 4.42 Å². The number of hydrogen-bond acceptors (Lipinski definition) is 3. The Bertz CT molecular complexity index is 528. The number of hydrogen-bond donors (Lipinski definition) is 1. The van der Waals surface area contributed by atoms with E-state index in [1.807, 2.05) is 0 Å². The van der Waals surface area contributed by atoms with Crippen LogP contribution in [0.3, 0.4) is 0 Å². The van der Waals surface area contributed by atoms with Crippen molar-refractivity contribution in [2.75, 3.05) is 0 Å². The summed E-state index contributed by atoms with van der Waals surface area (Å²) in [6.07, 6.45) is 0.373. The van der Waals surface area contributed by atoms with Crippen LogP contribution in [0.2, 0.25) is 0 Å². The summed E-state index contributed by atoms with van der Waals surface area (Å²) < 4.78 is 34.1. The molecular weight excluding hydrogens is 310 g/mol. The molecule has 3 nitrogen and oxygen atoms in total. The molecule has 2 rings (SSSR count). The number of rotatable bonds is 4. The summed E-state index contributed by atoms with van der Waals surface area (Å²) in [7, 11) is 0. The summed E-state index contributed by atoms with van der Waals surface area (Å²) in [5.74, 6) is 0.299. The highest BCUT2D eigenvalue weighted by molar-refractivity contribution is 9.10. The molecular formula is C12H9BrF2O3. The molecule has 0 saturated carbocycles. The lowest BCUT2D eigenvalue weighted by atomic mass is 10.1. The third-order valence-electron chi connectivity index (χ3n) is 2.29. The molecule has 1 aromatic heterocycles. The monoisotopic (exact) mass is 318 g/mol. The van der Waals surface area contributed by atoms with Crippen LogP contribution in [0.4, 0.5) is 8.78 Å². The zero-order chi connectivity index (χ0) is 13.1. The molecule has 0 fully saturated rings. The average Bonchev–Trinajstić information content (AvgIpc) is 2.74. The molecule has 1 unspecified atom stereocenters. The summed E-state index contributed by atoms with van der Waals surface area (Å²) in [6.45, 7) is -2.90. The Labute approximate surface area is 110 Å². The van der Waals surface area contributed by atoms with Crippen LogP contribution in [-0.2, 0) is 0 Å². The molecule has 0 radical (unpaired) electrons. The third-order valence-corrected chi connectivity index (χ3v) is 2.95. The van der Waals surface area contributed by atoms with E-state index in [0.29, 0.717) is 15.8 Å². The Hall–Kier alpha value is -1.40. The first-order valence-corrected chi connectivity index (χ1v) is 5.83. The van der Waals surface area contributed by atoms with Crippen LogP contribution in [0, 0.1) is 0 Å². The van der Waals surface area contributed by atoms with E-state index in [0.717, 1.165) is 0 Å². The van der Waals surface area contributed by atoms with Crippen molar-refractivity contribution in [1.29, 1.82) is 0 Å². The molecule has 2 aromatic rings. The lowest BCUT2D eigenvalue weighted by Gasteiger charge is -2.11. The summed E-state index contributed by atoms with van der Waals surface area (Å²) in [5, 5.41) is 10.1. The van der Waals surface area contributed by atoms with E-state index < -0.39 is 12.7 Å². The molecule has 0 saturated heterocycles. The first-order valence-electron chi connectivity index (χ1n) is 5.03. The Morgan fingerprint density at radius 1 is 1.28 bits per heavy atom. The first kappa shape index (κ1) is 13.0. The first-order chi connectivity index (χ1) is 8.58. The van der Waals surface area contributed by atoms with Gasteiger partial charge in [0, 0.05) is 0 Å². The van der Waals surface area contributed by atoms with Gasteiger partial charge in [-0.3, -0.25) is 0 Å². The van der Waals surface area contributed by atoms with E-state index in [9.17, 15) is 13.9 Å². The van der Waals surface area contributed by atoms with E-state index in [2.05, 4.69) is 20.7 Å². The van der Waals surface area contributed by atoms with Gasteiger partial charge >= 0.3 is 6.61 Å². The van der Waals surface area contributed by atoms with E-state index in [1.54, 1.807) is 12.1 Å². The van der Waals surface area contributed by atoms with Crippen molar-refractivity contribution < 1.29 is 23.0 Å². The van der Waals surface area contributed by atoms with Gasteiger partial charge in [0.15, 0.2) is 5.76 Å². The van der Waals surface area contributed by atoms with Gasteiger partial charge in [-0.05, 0) is 39.7 Å². The minimum Gasteiger partial charge on any atom is -0.465 e. The van der Waals surface area contributed by atoms with Gasteiger partial charge in [0.2, 0.25) is 0 Å². The Morgan fingerprint density at radius 3 is 2.67 bits per heavy atom. The second kappa shape index (κ2) is 5.49. The molecule has 1 atom stereocenters. The van der Waals surface area contributed by atoms with Gasteiger partial charge in [-0.15, -0.1) is 0 Å². The van der Waals surface area contributed by atoms with Crippen molar-refractivity contribution in [3.8, 4) is 5.75 Å². The van der Waals surface area contributed by atoms with Gasteiger partial charge in [0.05, 0.1) is 10.7 Å². The highest BCUT2D eigenvalue weighted by atomic mass is 79.9. The molecule has 1 aromatic carbocycles. The van der Waals surface area contributed by atoms with Crippen molar-refractivity contribution in [1.82, 2.24) is 0 Å². The van der Waals surface area contributed by atoms with E-state index >= 15 is 0 Å². The topological polar surface area (TPSA) is 42.6 Å². The van der Waals surface area contributed by atoms with Gasteiger partial charge < -0.3 is 14.3 Å². The number of aliphatic hydroxyl groups excluding tert-OH is 1. The molecule has 0 bridgehead atoms. The minimum absolute atomic E-state index is 0.00997. The smallest absolute Gasteiger partial charge is 0.387 e. The predicted molar refractivity (Wildman–Crippen MR) is 63.5 cm³/mol. The van der Waals surface area contributed by atoms with Crippen molar-refractivity contribution in [3.05, 3.63) is 52.4 Å². The maximum absolute atomic E-state index is 12.1. The van der Waals surface area contributed by atoms with Gasteiger partial charge in [-0.1, -0.05) is 12.1 Å². The molecule has 0 aliphatic heterocycles. The average molecular weight is 319 g/mol.